The summed E-state index contributed by atoms with van der Waals surface area (Å²) in [4.78, 5) is 27.8. The molecular weight excluding hydrogens is 342 g/mol. The molecule has 0 spiro atoms. The topological polar surface area (TPSA) is 75.9 Å². The number of hydrogen-bond acceptors (Lipinski definition) is 4. The first-order valence-electron chi connectivity index (χ1n) is 9.18. The maximum Gasteiger partial charge on any atom is 0.255 e. The average molecular weight is 367 g/mol. The summed E-state index contributed by atoms with van der Waals surface area (Å²) in [7, 11) is 0. The quantitative estimate of drug-likeness (QED) is 0.846. The first kappa shape index (κ1) is 18.9. The molecule has 0 unspecified atom stereocenters. The Morgan fingerprint density at radius 2 is 1.67 bits per heavy atom. The van der Waals surface area contributed by atoms with Crippen molar-refractivity contribution >= 4 is 11.8 Å². The van der Waals surface area contributed by atoms with E-state index in [2.05, 4.69) is 29.2 Å². The molecule has 2 N–H and O–H groups in total. The van der Waals surface area contributed by atoms with Crippen LogP contribution in [0.25, 0.3) is 0 Å². The van der Waals surface area contributed by atoms with Gasteiger partial charge in [0, 0.05) is 38.3 Å². The number of rotatable bonds is 6. The molecule has 27 heavy (non-hydrogen) atoms. The monoisotopic (exact) mass is 367 g/mol. The lowest BCUT2D eigenvalue weighted by Crippen LogP contribution is -2.35. The van der Waals surface area contributed by atoms with Gasteiger partial charge in [0.2, 0.25) is 0 Å². The molecule has 1 aliphatic rings. The Balaban J connectivity index is 1.55. The van der Waals surface area contributed by atoms with E-state index in [4.69, 9.17) is 10.5 Å². The molecule has 0 atom stereocenters. The van der Waals surface area contributed by atoms with Gasteiger partial charge in [-0.25, -0.2) is 0 Å². The molecule has 3 rings (SSSR count). The fraction of sp³-hybridized carbons (Fsp3) is 0.333. The van der Waals surface area contributed by atoms with Gasteiger partial charge in [-0.05, 0) is 36.2 Å². The average Bonchev–Trinajstić information content (AvgIpc) is 2.92. The van der Waals surface area contributed by atoms with Crippen molar-refractivity contribution in [1.29, 1.82) is 0 Å². The van der Waals surface area contributed by atoms with E-state index < -0.39 is 5.91 Å². The zero-order valence-corrected chi connectivity index (χ0v) is 15.3. The lowest BCUT2D eigenvalue weighted by molar-refractivity contribution is -0.119. The normalized spacial score (nSPS) is 15.2. The second kappa shape index (κ2) is 9.19. The summed E-state index contributed by atoms with van der Waals surface area (Å²) in [5, 5.41) is 0. The lowest BCUT2D eigenvalue weighted by Gasteiger charge is -2.22. The van der Waals surface area contributed by atoms with Crippen LogP contribution in [0.2, 0.25) is 0 Å². The van der Waals surface area contributed by atoms with Gasteiger partial charge in [0.25, 0.3) is 11.8 Å². The first-order valence-corrected chi connectivity index (χ1v) is 9.18. The lowest BCUT2D eigenvalue weighted by atomic mass is 10.2. The molecule has 0 saturated carbocycles. The van der Waals surface area contributed by atoms with Crippen LogP contribution in [-0.4, -0.2) is 54.4 Å². The highest BCUT2D eigenvalue weighted by molar-refractivity contribution is 5.94. The molecule has 2 aromatic rings. The summed E-state index contributed by atoms with van der Waals surface area (Å²) >= 11 is 0. The molecule has 2 aromatic carbocycles. The maximum absolute atomic E-state index is 12.8. The van der Waals surface area contributed by atoms with Crippen molar-refractivity contribution in [2.24, 2.45) is 5.73 Å². The van der Waals surface area contributed by atoms with Crippen LogP contribution in [0.5, 0.6) is 5.75 Å². The Morgan fingerprint density at radius 1 is 0.926 bits per heavy atom. The van der Waals surface area contributed by atoms with Crippen LogP contribution < -0.4 is 10.5 Å². The van der Waals surface area contributed by atoms with Gasteiger partial charge < -0.3 is 15.4 Å². The fourth-order valence-electron chi connectivity index (χ4n) is 3.20. The van der Waals surface area contributed by atoms with Gasteiger partial charge in [0.1, 0.15) is 5.75 Å². The minimum Gasteiger partial charge on any atom is -0.484 e. The van der Waals surface area contributed by atoms with E-state index in [1.165, 1.54) is 5.56 Å². The van der Waals surface area contributed by atoms with Crippen LogP contribution in [0.3, 0.4) is 0 Å². The number of carbonyl (C=O) groups excluding carboxylic acids is 2. The number of hydrogen-bond donors (Lipinski definition) is 1. The van der Waals surface area contributed by atoms with Gasteiger partial charge in [-0.1, -0.05) is 30.3 Å². The van der Waals surface area contributed by atoms with Gasteiger partial charge in [-0.2, -0.15) is 0 Å². The van der Waals surface area contributed by atoms with E-state index in [0.717, 1.165) is 32.6 Å². The Bertz CT molecular complexity index is 762. The highest BCUT2D eigenvalue weighted by Gasteiger charge is 2.20. The van der Waals surface area contributed by atoms with E-state index in [1.54, 1.807) is 24.3 Å². The van der Waals surface area contributed by atoms with Crippen LogP contribution in [0.1, 0.15) is 22.3 Å². The summed E-state index contributed by atoms with van der Waals surface area (Å²) < 4.78 is 5.23. The Labute approximate surface area is 159 Å². The number of nitrogens with zero attached hydrogens (tertiary/aromatic N) is 2. The Morgan fingerprint density at radius 3 is 2.37 bits per heavy atom. The first-order chi connectivity index (χ1) is 13.1. The zero-order chi connectivity index (χ0) is 19.1. The third-order valence-electron chi connectivity index (χ3n) is 4.61. The molecule has 0 bridgehead atoms. The van der Waals surface area contributed by atoms with Gasteiger partial charge >= 0.3 is 0 Å². The third-order valence-corrected chi connectivity index (χ3v) is 4.61. The smallest absolute Gasteiger partial charge is 0.255 e. The standard InChI is InChI=1S/C21H25N3O3/c22-20(25)16-27-19-9-7-18(8-10-19)21(26)24-12-4-11-23(13-14-24)15-17-5-2-1-3-6-17/h1-3,5-10H,4,11-16H2,(H2,22,25). The van der Waals surface area contributed by atoms with E-state index in [0.29, 0.717) is 17.9 Å². The largest absolute Gasteiger partial charge is 0.484 e. The van der Waals surface area contributed by atoms with Crippen molar-refractivity contribution < 1.29 is 14.3 Å². The molecule has 0 radical (unpaired) electrons. The molecule has 1 heterocycles. The van der Waals surface area contributed by atoms with Crippen LogP contribution in [0.4, 0.5) is 0 Å². The van der Waals surface area contributed by atoms with Crippen molar-refractivity contribution in [2.75, 3.05) is 32.8 Å². The predicted molar refractivity (Wildman–Crippen MR) is 103 cm³/mol. The predicted octanol–water partition coefficient (Wildman–Crippen LogP) is 1.90. The molecule has 0 aromatic heterocycles. The van der Waals surface area contributed by atoms with E-state index >= 15 is 0 Å². The van der Waals surface area contributed by atoms with Crippen molar-refractivity contribution in [3.05, 3.63) is 65.7 Å². The van der Waals surface area contributed by atoms with Crippen LogP contribution in [0.15, 0.2) is 54.6 Å². The van der Waals surface area contributed by atoms with Crippen molar-refractivity contribution in [1.82, 2.24) is 9.80 Å². The van der Waals surface area contributed by atoms with E-state index in [9.17, 15) is 9.59 Å². The Kier molecular flexibility index (Phi) is 6.44. The fourth-order valence-corrected chi connectivity index (χ4v) is 3.20. The molecular formula is C21H25N3O3. The molecule has 2 amide bonds. The molecule has 142 valence electrons. The van der Waals surface area contributed by atoms with Gasteiger partial charge in [0.15, 0.2) is 6.61 Å². The number of carbonyl (C=O) groups is 2. The van der Waals surface area contributed by atoms with Crippen LogP contribution >= 0.6 is 0 Å². The maximum atomic E-state index is 12.8. The number of nitrogens with two attached hydrogens (primary N) is 1. The minimum atomic E-state index is -0.528. The van der Waals surface area contributed by atoms with Crippen LogP contribution in [-0.2, 0) is 11.3 Å². The SMILES string of the molecule is NC(=O)COc1ccc(C(=O)N2CCCN(Cc3ccccc3)CC2)cc1. The molecule has 6 heteroatoms. The van der Waals surface area contributed by atoms with Gasteiger partial charge in [-0.15, -0.1) is 0 Å². The molecule has 1 aliphatic heterocycles. The van der Waals surface area contributed by atoms with Crippen molar-refractivity contribution in [2.45, 2.75) is 13.0 Å². The molecule has 0 aliphatic carbocycles. The van der Waals surface area contributed by atoms with E-state index in [1.807, 2.05) is 11.0 Å². The number of benzene rings is 2. The highest BCUT2D eigenvalue weighted by atomic mass is 16.5. The van der Waals surface area contributed by atoms with Crippen LogP contribution in [0, 0.1) is 0 Å². The summed E-state index contributed by atoms with van der Waals surface area (Å²) in [6, 6.07) is 17.2. The summed E-state index contributed by atoms with van der Waals surface area (Å²) in [5.74, 6) is 0.0213. The second-order valence-corrected chi connectivity index (χ2v) is 6.69. The summed E-state index contributed by atoms with van der Waals surface area (Å²) in [5.41, 5.74) is 6.98. The Hall–Kier alpha value is -2.86. The van der Waals surface area contributed by atoms with Gasteiger partial charge in [0.05, 0.1) is 0 Å². The summed E-state index contributed by atoms with van der Waals surface area (Å²) in [6.45, 7) is 4.06. The number of ether oxygens (including phenoxy) is 1. The minimum absolute atomic E-state index is 0.0259. The number of primary amides is 1. The highest BCUT2D eigenvalue weighted by Crippen LogP contribution is 2.15. The van der Waals surface area contributed by atoms with E-state index in [-0.39, 0.29) is 12.5 Å². The van der Waals surface area contributed by atoms with Gasteiger partial charge in [-0.3, -0.25) is 14.5 Å². The zero-order valence-electron chi connectivity index (χ0n) is 15.3. The molecule has 1 fully saturated rings. The summed E-state index contributed by atoms with van der Waals surface area (Å²) in [6.07, 6.45) is 0.957. The second-order valence-electron chi connectivity index (χ2n) is 6.69. The van der Waals surface area contributed by atoms with Crippen molar-refractivity contribution in [3.63, 3.8) is 0 Å². The third kappa shape index (κ3) is 5.56. The van der Waals surface area contributed by atoms with Crippen molar-refractivity contribution in [3.8, 4) is 5.75 Å². The molecule has 1 saturated heterocycles. The molecule has 6 nitrogen and oxygen atoms in total. The number of amides is 2.